The first-order valence-corrected chi connectivity index (χ1v) is 6.36. The van der Waals surface area contributed by atoms with E-state index < -0.39 is 0 Å². The number of hydrogen-bond donors (Lipinski definition) is 1. The molecule has 0 aliphatic heterocycles. The Bertz CT molecular complexity index is 518. The summed E-state index contributed by atoms with van der Waals surface area (Å²) in [6.45, 7) is 6.67. The van der Waals surface area contributed by atoms with Crippen molar-refractivity contribution in [3.63, 3.8) is 0 Å². The standard InChI is InChI=1S/C14H20N4/c1-4-10(2)11(3)18-9-17-8-14(18)12-7-16-6-5-13(12)15/h5-11H,4H2,1-3H3,(H2,15,16). The van der Waals surface area contributed by atoms with Crippen LogP contribution in [0.4, 0.5) is 5.69 Å². The first-order chi connectivity index (χ1) is 8.65. The van der Waals surface area contributed by atoms with Gasteiger partial charge in [-0.3, -0.25) is 4.98 Å². The van der Waals surface area contributed by atoms with E-state index in [-0.39, 0.29) is 0 Å². The molecule has 18 heavy (non-hydrogen) atoms. The van der Waals surface area contributed by atoms with E-state index in [0.29, 0.717) is 12.0 Å². The Morgan fingerprint density at radius 1 is 1.28 bits per heavy atom. The van der Waals surface area contributed by atoms with Crippen LogP contribution in [0.2, 0.25) is 0 Å². The number of nitrogens with zero attached hydrogens (tertiary/aromatic N) is 3. The molecule has 2 heterocycles. The van der Waals surface area contributed by atoms with Gasteiger partial charge < -0.3 is 10.3 Å². The third-order valence-electron chi connectivity index (χ3n) is 3.70. The average molecular weight is 244 g/mol. The molecule has 0 radical (unpaired) electrons. The summed E-state index contributed by atoms with van der Waals surface area (Å²) in [5.41, 5.74) is 8.73. The van der Waals surface area contributed by atoms with E-state index >= 15 is 0 Å². The van der Waals surface area contributed by atoms with Crippen LogP contribution in [0.25, 0.3) is 11.3 Å². The molecular formula is C14H20N4. The zero-order valence-corrected chi connectivity index (χ0v) is 11.2. The molecule has 0 fully saturated rings. The monoisotopic (exact) mass is 244 g/mol. The number of nitrogens with two attached hydrogens (primary N) is 1. The molecule has 0 aliphatic rings. The van der Waals surface area contributed by atoms with Gasteiger partial charge in [0.1, 0.15) is 0 Å². The van der Waals surface area contributed by atoms with Gasteiger partial charge in [-0.25, -0.2) is 4.98 Å². The van der Waals surface area contributed by atoms with Crippen molar-refractivity contribution in [3.8, 4) is 11.3 Å². The van der Waals surface area contributed by atoms with Crippen molar-refractivity contribution in [2.24, 2.45) is 5.92 Å². The van der Waals surface area contributed by atoms with Crippen molar-refractivity contribution in [1.29, 1.82) is 0 Å². The molecule has 2 aromatic heterocycles. The number of hydrogen-bond acceptors (Lipinski definition) is 3. The van der Waals surface area contributed by atoms with E-state index in [2.05, 4.69) is 35.3 Å². The minimum absolute atomic E-state index is 0.395. The maximum atomic E-state index is 6.01. The van der Waals surface area contributed by atoms with E-state index in [4.69, 9.17) is 5.73 Å². The van der Waals surface area contributed by atoms with Crippen LogP contribution in [0.15, 0.2) is 31.0 Å². The van der Waals surface area contributed by atoms with Gasteiger partial charge in [0.15, 0.2) is 0 Å². The molecule has 0 spiro atoms. The van der Waals surface area contributed by atoms with Gasteiger partial charge in [0.05, 0.1) is 18.2 Å². The smallest absolute Gasteiger partial charge is 0.0953 e. The van der Waals surface area contributed by atoms with Crippen molar-refractivity contribution in [2.45, 2.75) is 33.2 Å². The van der Waals surface area contributed by atoms with Gasteiger partial charge in [0, 0.05) is 29.7 Å². The summed E-state index contributed by atoms with van der Waals surface area (Å²) in [5.74, 6) is 0.593. The van der Waals surface area contributed by atoms with Crippen LogP contribution < -0.4 is 5.73 Å². The Hall–Kier alpha value is -1.84. The number of rotatable bonds is 4. The van der Waals surface area contributed by atoms with Crippen molar-refractivity contribution < 1.29 is 0 Å². The predicted molar refractivity (Wildman–Crippen MR) is 74.0 cm³/mol. The summed E-state index contributed by atoms with van der Waals surface area (Å²) < 4.78 is 2.18. The summed E-state index contributed by atoms with van der Waals surface area (Å²) in [7, 11) is 0. The lowest BCUT2D eigenvalue weighted by molar-refractivity contribution is 0.372. The molecule has 0 saturated heterocycles. The molecule has 2 atom stereocenters. The largest absolute Gasteiger partial charge is 0.398 e. The Kier molecular flexibility index (Phi) is 3.65. The van der Waals surface area contributed by atoms with Crippen molar-refractivity contribution in [2.75, 3.05) is 5.73 Å². The third-order valence-corrected chi connectivity index (χ3v) is 3.70. The summed E-state index contributed by atoms with van der Waals surface area (Å²) in [6.07, 6.45) is 8.37. The fourth-order valence-electron chi connectivity index (χ4n) is 2.07. The first-order valence-electron chi connectivity index (χ1n) is 6.36. The highest BCUT2D eigenvalue weighted by Gasteiger charge is 2.17. The molecule has 4 nitrogen and oxygen atoms in total. The maximum absolute atomic E-state index is 6.01. The summed E-state index contributed by atoms with van der Waals surface area (Å²) in [6, 6.07) is 2.22. The van der Waals surface area contributed by atoms with Crippen LogP contribution in [0.1, 0.15) is 33.2 Å². The van der Waals surface area contributed by atoms with Gasteiger partial charge in [-0.1, -0.05) is 20.3 Å². The lowest BCUT2D eigenvalue weighted by Gasteiger charge is -2.22. The summed E-state index contributed by atoms with van der Waals surface area (Å²) >= 11 is 0. The van der Waals surface area contributed by atoms with Crippen molar-refractivity contribution >= 4 is 5.69 Å². The number of nitrogen functional groups attached to an aromatic ring is 1. The number of imidazole rings is 1. The molecule has 2 N–H and O–H groups in total. The topological polar surface area (TPSA) is 56.7 Å². The normalized spacial score (nSPS) is 14.4. The molecule has 0 aromatic carbocycles. The first kappa shape index (κ1) is 12.6. The fourth-order valence-corrected chi connectivity index (χ4v) is 2.07. The van der Waals surface area contributed by atoms with Gasteiger partial charge in [0.2, 0.25) is 0 Å². The number of aromatic nitrogens is 3. The Morgan fingerprint density at radius 3 is 2.72 bits per heavy atom. The summed E-state index contributed by atoms with van der Waals surface area (Å²) in [4.78, 5) is 8.40. The predicted octanol–water partition coefficient (Wildman–Crippen LogP) is 3.13. The molecular weight excluding hydrogens is 224 g/mol. The van der Waals surface area contributed by atoms with E-state index in [0.717, 1.165) is 23.4 Å². The van der Waals surface area contributed by atoms with Gasteiger partial charge in [0.25, 0.3) is 0 Å². The van der Waals surface area contributed by atoms with Gasteiger partial charge in [-0.2, -0.15) is 0 Å². The Labute approximate surface area is 108 Å². The van der Waals surface area contributed by atoms with Crippen LogP contribution in [-0.4, -0.2) is 14.5 Å². The zero-order chi connectivity index (χ0) is 13.1. The van der Waals surface area contributed by atoms with E-state index in [9.17, 15) is 0 Å². The highest BCUT2D eigenvalue weighted by molar-refractivity contribution is 5.72. The quantitative estimate of drug-likeness (QED) is 0.899. The molecule has 2 rings (SSSR count). The highest BCUT2D eigenvalue weighted by atomic mass is 15.1. The molecule has 0 aliphatic carbocycles. The average Bonchev–Trinajstić information content (AvgIpc) is 2.86. The van der Waals surface area contributed by atoms with Crippen molar-refractivity contribution in [1.82, 2.24) is 14.5 Å². The Morgan fingerprint density at radius 2 is 2.06 bits per heavy atom. The van der Waals surface area contributed by atoms with Crippen LogP contribution in [0, 0.1) is 5.92 Å². The van der Waals surface area contributed by atoms with Crippen LogP contribution in [-0.2, 0) is 0 Å². The SMILES string of the molecule is CCC(C)C(C)n1cncc1-c1cnccc1N. The molecule has 2 aromatic rings. The van der Waals surface area contributed by atoms with Crippen molar-refractivity contribution in [3.05, 3.63) is 31.0 Å². The minimum atomic E-state index is 0.395. The number of anilines is 1. The van der Waals surface area contributed by atoms with Crippen LogP contribution in [0.5, 0.6) is 0 Å². The summed E-state index contributed by atoms with van der Waals surface area (Å²) in [5, 5.41) is 0. The van der Waals surface area contributed by atoms with E-state index in [1.54, 1.807) is 12.4 Å². The lowest BCUT2D eigenvalue weighted by atomic mass is 10.00. The van der Waals surface area contributed by atoms with Gasteiger partial charge in [-0.15, -0.1) is 0 Å². The lowest BCUT2D eigenvalue weighted by Crippen LogP contribution is -2.14. The second-order valence-electron chi connectivity index (χ2n) is 4.78. The third kappa shape index (κ3) is 2.23. The van der Waals surface area contributed by atoms with Gasteiger partial charge >= 0.3 is 0 Å². The molecule has 0 bridgehead atoms. The van der Waals surface area contributed by atoms with Crippen LogP contribution >= 0.6 is 0 Å². The Balaban J connectivity index is 2.42. The molecule has 2 unspecified atom stereocenters. The van der Waals surface area contributed by atoms with Gasteiger partial charge in [-0.05, 0) is 18.9 Å². The van der Waals surface area contributed by atoms with E-state index in [1.165, 1.54) is 0 Å². The maximum Gasteiger partial charge on any atom is 0.0953 e. The number of pyridine rings is 1. The molecule has 96 valence electrons. The van der Waals surface area contributed by atoms with E-state index in [1.807, 2.05) is 18.6 Å². The highest BCUT2D eigenvalue weighted by Crippen LogP contribution is 2.29. The zero-order valence-electron chi connectivity index (χ0n) is 11.2. The second kappa shape index (κ2) is 5.21. The second-order valence-corrected chi connectivity index (χ2v) is 4.78. The molecule has 4 heteroatoms. The van der Waals surface area contributed by atoms with Crippen LogP contribution in [0.3, 0.4) is 0 Å². The fraction of sp³-hybridized carbons (Fsp3) is 0.429. The molecule has 0 amide bonds. The molecule has 0 saturated carbocycles. The minimum Gasteiger partial charge on any atom is -0.398 e.